The van der Waals surface area contributed by atoms with Gasteiger partial charge in [0.05, 0.1) is 11.2 Å². The van der Waals surface area contributed by atoms with Gasteiger partial charge in [-0.25, -0.2) is 0 Å². The molecule has 0 amide bonds. The molecule has 1 aromatic carbocycles. The number of hydrogen-bond donors (Lipinski definition) is 2. The summed E-state index contributed by atoms with van der Waals surface area (Å²) in [4.78, 5) is 15.3. The van der Waals surface area contributed by atoms with Gasteiger partial charge in [-0.2, -0.15) is 0 Å². The number of fused-ring (bicyclic) bond motifs is 1. The van der Waals surface area contributed by atoms with Crippen LogP contribution in [-0.2, 0) is 4.79 Å². The van der Waals surface area contributed by atoms with Crippen LogP contribution >= 0.6 is 0 Å². The summed E-state index contributed by atoms with van der Waals surface area (Å²) < 4.78 is 0. The highest BCUT2D eigenvalue weighted by Gasteiger charge is 2.12. The van der Waals surface area contributed by atoms with Gasteiger partial charge in [0, 0.05) is 11.1 Å². The van der Waals surface area contributed by atoms with E-state index in [9.17, 15) is 4.79 Å². The monoisotopic (exact) mass is 230 g/mol. The number of anilines is 1. The van der Waals surface area contributed by atoms with E-state index in [-0.39, 0.29) is 0 Å². The Kier molecular flexibility index (Phi) is 2.95. The van der Waals surface area contributed by atoms with E-state index in [1.807, 2.05) is 37.3 Å². The van der Waals surface area contributed by atoms with Crippen molar-refractivity contribution in [1.82, 2.24) is 4.98 Å². The summed E-state index contributed by atoms with van der Waals surface area (Å²) in [6.07, 6.45) is 0. The number of aliphatic carboxylic acids is 1. The summed E-state index contributed by atoms with van der Waals surface area (Å²) in [6.45, 7) is 3.52. The van der Waals surface area contributed by atoms with E-state index in [0.29, 0.717) is 0 Å². The van der Waals surface area contributed by atoms with Crippen LogP contribution in [0.5, 0.6) is 0 Å². The van der Waals surface area contributed by atoms with E-state index >= 15 is 0 Å². The van der Waals surface area contributed by atoms with E-state index in [1.165, 1.54) is 0 Å². The summed E-state index contributed by atoms with van der Waals surface area (Å²) in [7, 11) is 0. The number of aromatic nitrogens is 1. The quantitative estimate of drug-likeness (QED) is 0.850. The number of nitrogens with zero attached hydrogens (tertiary/aromatic N) is 1. The lowest BCUT2D eigenvalue weighted by atomic mass is 10.1. The number of para-hydroxylation sites is 1. The van der Waals surface area contributed by atoms with Crippen molar-refractivity contribution in [3.05, 3.63) is 36.0 Å². The highest BCUT2D eigenvalue weighted by Crippen LogP contribution is 2.22. The van der Waals surface area contributed by atoms with Gasteiger partial charge in [-0.05, 0) is 26.0 Å². The van der Waals surface area contributed by atoms with Gasteiger partial charge < -0.3 is 10.4 Å². The molecule has 0 saturated carbocycles. The second-order valence-corrected chi connectivity index (χ2v) is 4.03. The van der Waals surface area contributed by atoms with Crippen LogP contribution < -0.4 is 5.32 Å². The molecule has 1 atom stereocenters. The Hall–Kier alpha value is -2.10. The predicted molar refractivity (Wildman–Crippen MR) is 67.2 cm³/mol. The maximum absolute atomic E-state index is 10.8. The zero-order chi connectivity index (χ0) is 12.4. The van der Waals surface area contributed by atoms with Crippen LogP contribution in [0.1, 0.15) is 12.6 Å². The Labute approximate surface area is 99.3 Å². The number of benzene rings is 1. The third-order valence-corrected chi connectivity index (χ3v) is 2.60. The fourth-order valence-electron chi connectivity index (χ4n) is 1.66. The van der Waals surface area contributed by atoms with Crippen LogP contribution in [0.4, 0.5) is 5.69 Å². The van der Waals surface area contributed by atoms with Crippen molar-refractivity contribution in [3.63, 3.8) is 0 Å². The first-order valence-electron chi connectivity index (χ1n) is 5.43. The minimum atomic E-state index is -0.880. The van der Waals surface area contributed by atoms with Crippen molar-refractivity contribution in [1.29, 1.82) is 0 Å². The van der Waals surface area contributed by atoms with Crippen molar-refractivity contribution < 1.29 is 9.90 Å². The van der Waals surface area contributed by atoms with Crippen LogP contribution in [0, 0.1) is 6.92 Å². The Morgan fingerprint density at radius 1 is 1.35 bits per heavy atom. The molecule has 0 aliphatic heterocycles. The van der Waals surface area contributed by atoms with E-state index in [2.05, 4.69) is 10.3 Å². The van der Waals surface area contributed by atoms with Crippen LogP contribution in [0.2, 0.25) is 0 Å². The number of rotatable bonds is 3. The van der Waals surface area contributed by atoms with Gasteiger partial charge in [0.15, 0.2) is 0 Å². The predicted octanol–water partition coefficient (Wildman–Crippen LogP) is 2.43. The van der Waals surface area contributed by atoms with Gasteiger partial charge in [0.1, 0.15) is 6.04 Å². The summed E-state index contributed by atoms with van der Waals surface area (Å²) >= 11 is 0. The molecule has 1 aromatic heterocycles. The van der Waals surface area contributed by atoms with Gasteiger partial charge in [-0.3, -0.25) is 9.78 Å². The lowest BCUT2D eigenvalue weighted by Crippen LogP contribution is -2.25. The fourth-order valence-corrected chi connectivity index (χ4v) is 1.66. The van der Waals surface area contributed by atoms with Gasteiger partial charge in [0.25, 0.3) is 0 Å². The van der Waals surface area contributed by atoms with Crippen LogP contribution in [0.15, 0.2) is 30.3 Å². The first kappa shape index (κ1) is 11.4. The molecule has 1 unspecified atom stereocenters. The molecule has 2 N–H and O–H groups in total. The molecule has 0 bridgehead atoms. The minimum absolute atomic E-state index is 0.636. The van der Waals surface area contributed by atoms with Gasteiger partial charge in [-0.15, -0.1) is 0 Å². The highest BCUT2D eigenvalue weighted by molar-refractivity contribution is 5.92. The first-order valence-corrected chi connectivity index (χ1v) is 5.43. The van der Waals surface area contributed by atoms with E-state index in [1.54, 1.807) is 6.92 Å². The fraction of sp³-hybridized carbons (Fsp3) is 0.231. The first-order chi connectivity index (χ1) is 8.08. The number of nitrogens with one attached hydrogen (secondary N) is 1. The maximum Gasteiger partial charge on any atom is 0.325 e. The van der Waals surface area contributed by atoms with Crippen LogP contribution in [-0.4, -0.2) is 22.1 Å². The van der Waals surface area contributed by atoms with Crippen molar-refractivity contribution in [2.75, 3.05) is 5.32 Å². The molecule has 1 heterocycles. The normalized spacial score (nSPS) is 12.4. The molecule has 0 fully saturated rings. The SMILES string of the molecule is Cc1ccc2cccc(NC(C)C(=O)O)c2n1. The third kappa shape index (κ3) is 2.36. The average Bonchev–Trinajstić information content (AvgIpc) is 2.29. The third-order valence-electron chi connectivity index (χ3n) is 2.60. The Morgan fingerprint density at radius 2 is 2.12 bits per heavy atom. The molecule has 4 heteroatoms. The van der Waals surface area contributed by atoms with Crippen molar-refractivity contribution in [2.24, 2.45) is 0 Å². The largest absolute Gasteiger partial charge is 0.480 e. The molecule has 2 rings (SSSR count). The van der Waals surface area contributed by atoms with Crippen molar-refractivity contribution >= 4 is 22.6 Å². The number of pyridine rings is 1. The van der Waals surface area contributed by atoms with Crippen molar-refractivity contribution in [2.45, 2.75) is 19.9 Å². The second kappa shape index (κ2) is 4.41. The molecule has 88 valence electrons. The lowest BCUT2D eigenvalue weighted by molar-refractivity contribution is -0.137. The highest BCUT2D eigenvalue weighted by atomic mass is 16.4. The Morgan fingerprint density at radius 3 is 2.82 bits per heavy atom. The molecule has 17 heavy (non-hydrogen) atoms. The topological polar surface area (TPSA) is 62.2 Å². The maximum atomic E-state index is 10.8. The summed E-state index contributed by atoms with van der Waals surface area (Å²) in [5.74, 6) is -0.880. The molecule has 2 aromatic rings. The number of carboxylic acids is 1. The number of carbonyl (C=O) groups is 1. The summed E-state index contributed by atoms with van der Waals surface area (Å²) in [5.41, 5.74) is 2.47. The summed E-state index contributed by atoms with van der Waals surface area (Å²) in [5, 5.41) is 12.8. The molecular formula is C13H14N2O2. The molecule has 0 aliphatic carbocycles. The average molecular weight is 230 g/mol. The molecular weight excluding hydrogens is 216 g/mol. The van der Waals surface area contributed by atoms with E-state index in [4.69, 9.17) is 5.11 Å². The van der Waals surface area contributed by atoms with Gasteiger partial charge in [-0.1, -0.05) is 18.2 Å². The van der Waals surface area contributed by atoms with E-state index in [0.717, 1.165) is 22.3 Å². The van der Waals surface area contributed by atoms with Gasteiger partial charge in [0.2, 0.25) is 0 Å². The summed E-state index contributed by atoms with van der Waals surface area (Å²) in [6, 6.07) is 8.96. The zero-order valence-corrected chi connectivity index (χ0v) is 9.77. The second-order valence-electron chi connectivity index (χ2n) is 4.03. The standard InChI is InChI=1S/C13H14N2O2/c1-8-6-7-10-4-3-5-11(12(10)14-8)15-9(2)13(16)17/h3-7,9,15H,1-2H3,(H,16,17). The molecule has 4 nitrogen and oxygen atoms in total. The Bertz CT molecular complexity index is 566. The number of carboxylic acid groups (broad SMARTS) is 1. The van der Waals surface area contributed by atoms with Crippen LogP contribution in [0.3, 0.4) is 0 Å². The number of hydrogen-bond acceptors (Lipinski definition) is 3. The molecule has 0 aliphatic rings. The van der Waals surface area contributed by atoms with E-state index < -0.39 is 12.0 Å². The van der Waals surface area contributed by atoms with Gasteiger partial charge >= 0.3 is 5.97 Å². The minimum Gasteiger partial charge on any atom is -0.480 e. The lowest BCUT2D eigenvalue weighted by Gasteiger charge is -2.12. The zero-order valence-electron chi connectivity index (χ0n) is 9.77. The van der Waals surface area contributed by atoms with Crippen LogP contribution in [0.25, 0.3) is 10.9 Å². The molecule has 0 saturated heterocycles. The van der Waals surface area contributed by atoms with Crippen molar-refractivity contribution in [3.8, 4) is 0 Å². The molecule has 0 radical (unpaired) electrons. The molecule has 0 spiro atoms. The number of aryl methyl sites for hydroxylation is 1. The Balaban J connectivity index is 2.46. The smallest absolute Gasteiger partial charge is 0.325 e.